The van der Waals surface area contributed by atoms with Gasteiger partial charge in [0.25, 0.3) is 11.5 Å². The fourth-order valence-electron chi connectivity index (χ4n) is 1.19. The van der Waals surface area contributed by atoms with E-state index in [1.807, 2.05) is 6.26 Å². The number of hydrogen-bond acceptors (Lipinski definition) is 5. The number of carbonyl (C=O) groups is 2. The van der Waals surface area contributed by atoms with Gasteiger partial charge in [-0.3, -0.25) is 9.59 Å². The third-order valence-corrected chi connectivity index (χ3v) is 2.76. The number of carbonyl (C=O) groups excluding carboxylic acids is 1. The number of aromatic nitrogens is 2. The number of hydrogen-bond donors (Lipinski definition) is 3. The van der Waals surface area contributed by atoms with Gasteiger partial charge in [-0.2, -0.15) is 11.8 Å². The maximum Gasteiger partial charge on any atom is 0.326 e. The summed E-state index contributed by atoms with van der Waals surface area (Å²) >= 11 is 1.49. The molecule has 1 aromatic heterocycles. The van der Waals surface area contributed by atoms with Gasteiger partial charge >= 0.3 is 5.97 Å². The molecule has 1 aromatic rings. The first-order valence-electron chi connectivity index (χ1n) is 5.12. The van der Waals surface area contributed by atoms with Crippen molar-refractivity contribution in [3.63, 3.8) is 0 Å². The van der Waals surface area contributed by atoms with Crippen LogP contribution in [0.3, 0.4) is 0 Å². The van der Waals surface area contributed by atoms with Gasteiger partial charge in [-0.05, 0) is 18.4 Å². The maximum atomic E-state index is 11.7. The van der Waals surface area contributed by atoms with Crippen LogP contribution < -0.4 is 10.9 Å². The highest BCUT2D eigenvalue weighted by molar-refractivity contribution is 7.98. The van der Waals surface area contributed by atoms with Crippen molar-refractivity contribution >= 4 is 23.6 Å². The van der Waals surface area contributed by atoms with Gasteiger partial charge in [0.1, 0.15) is 11.7 Å². The monoisotopic (exact) mass is 271 g/mol. The smallest absolute Gasteiger partial charge is 0.326 e. The van der Waals surface area contributed by atoms with Crippen LogP contribution in [0.2, 0.25) is 0 Å². The van der Waals surface area contributed by atoms with E-state index in [0.29, 0.717) is 12.2 Å². The Morgan fingerprint density at radius 3 is 2.83 bits per heavy atom. The first-order valence-corrected chi connectivity index (χ1v) is 6.51. The summed E-state index contributed by atoms with van der Waals surface area (Å²) in [5.41, 5.74) is -0.450. The predicted molar refractivity (Wildman–Crippen MR) is 66.7 cm³/mol. The van der Waals surface area contributed by atoms with Crippen molar-refractivity contribution in [2.24, 2.45) is 0 Å². The molecule has 98 valence electrons. The fraction of sp³-hybridized carbons (Fsp3) is 0.400. The van der Waals surface area contributed by atoms with Crippen molar-refractivity contribution in [1.29, 1.82) is 0 Å². The van der Waals surface area contributed by atoms with Gasteiger partial charge in [0, 0.05) is 6.20 Å². The third-order valence-electron chi connectivity index (χ3n) is 2.12. The van der Waals surface area contributed by atoms with Crippen molar-refractivity contribution in [1.82, 2.24) is 15.3 Å². The van der Waals surface area contributed by atoms with Crippen LogP contribution in [-0.4, -0.2) is 45.0 Å². The molecular weight excluding hydrogens is 258 g/mol. The molecule has 0 aliphatic heterocycles. The lowest BCUT2D eigenvalue weighted by molar-refractivity contribution is -0.139. The summed E-state index contributed by atoms with van der Waals surface area (Å²) in [6.07, 6.45) is 4.29. The van der Waals surface area contributed by atoms with Gasteiger partial charge in [-0.15, -0.1) is 0 Å². The minimum Gasteiger partial charge on any atom is -0.480 e. The van der Waals surface area contributed by atoms with Gasteiger partial charge in [-0.25, -0.2) is 9.78 Å². The Hall–Kier alpha value is -1.83. The minimum absolute atomic E-state index is 0.0231. The summed E-state index contributed by atoms with van der Waals surface area (Å²) in [6, 6.07) is -0.960. The quantitative estimate of drug-likeness (QED) is 0.655. The number of carboxylic acids is 1. The number of rotatable bonds is 6. The highest BCUT2D eigenvalue weighted by atomic mass is 32.2. The highest BCUT2D eigenvalue weighted by Gasteiger charge is 2.20. The van der Waals surface area contributed by atoms with Gasteiger partial charge in [-0.1, -0.05) is 0 Å². The number of H-pyrrole nitrogens is 1. The van der Waals surface area contributed by atoms with E-state index in [4.69, 9.17) is 5.11 Å². The molecule has 1 amide bonds. The van der Waals surface area contributed by atoms with Crippen molar-refractivity contribution in [3.05, 3.63) is 28.4 Å². The lowest BCUT2D eigenvalue weighted by atomic mass is 10.2. The summed E-state index contributed by atoms with van der Waals surface area (Å²) in [4.78, 5) is 39.3. The lowest BCUT2D eigenvalue weighted by Crippen LogP contribution is -2.41. The molecule has 1 rings (SSSR count). The highest BCUT2D eigenvalue weighted by Crippen LogP contribution is 2.02. The van der Waals surface area contributed by atoms with E-state index in [2.05, 4.69) is 15.3 Å². The van der Waals surface area contributed by atoms with Crippen LogP contribution in [0, 0.1) is 0 Å². The van der Waals surface area contributed by atoms with Crippen LogP contribution in [-0.2, 0) is 4.79 Å². The van der Waals surface area contributed by atoms with Crippen LogP contribution in [0.5, 0.6) is 0 Å². The van der Waals surface area contributed by atoms with Crippen LogP contribution in [0.1, 0.15) is 16.9 Å². The number of nitrogens with zero attached hydrogens (tertiary/aromatic N) is 1. The van der Waals surface area contributed by atoms with Crippen LogP contribution in [0.15, 0.2) is 17.2 Å². The Kier molecular flexibility index (Phi) is 5.37. The molecule has 0 radical (unpaired) electrons. The topological polar surface area (TPSA) is 112 Å². The molecule has 3 N–H and O–H groups in total. The summed E-state index contributed by atoms with van der Waals surface area (Å²) in [7, 11) is 0. The van der Waals surface area contributed by atoms with Gasteiger partial charge < -0.3 is 15.4 Å². The van der Waals surface area contributed by atoms with Crippen molar-refractivity contribution in [2.75, 3.05) is 12.0 Å². The van der Waals surface area contributed by atoms with E-state index in [0.717, 1.165) is 12.4 Å². The van der Waals surface area contributed by atoms with E-state index in [1.165, 1.54) is 11.8 Å². The molecule has 0 saturated heterocycles. The van der Waals surface area contributed by atoms with Crippen LogP contribution in [0.25, 0.3) is 0 Å². The Balaban J connectivity index is 2.68. The fourth-order valence-corrected chi connectivity index (χ4v) is 1.66. The normalized spacial score (nSPS) is 11.8. The zero-order chi connectivity index (χ0) is 13.5. The molecule has 7 nitrogen and oxygen atoms in total. The van der Waals surface area contributed by atoms with Gasteiger partial charge in [0.15, 0.2) is 0 Å². The van der Waals surface area contributed by atoms with E-state index in [-0.39, 0.29) is 5.69 Å². The van der Waals surface area contributed by atoms with Crippen LogP contribution in [0.4, 0.5) is 0 Å². The summed E-state index contributed by atoms with van der Waals surface area (Å²) < 4.78 is 0. The maximum absolute atomic E-state index is 11.7. The Morgan fingerprint density at radius 2 is 2.33 bits per heavy atom. The first kappa shape index (κ1) is 14.2. The van der Waals surface area contributed by atoms with Crippen molar-refractivity contribution < 1.29 is 14.7 Å². The molecule has 0 saturated carbocycles. The summed E-state index contributed by atoms with van der Waals surface area (Å²) in [5.74, 6) is -1.10. The Labute approximate surface area is 107 Å². The van der Waals surface area contributed by atoms with Crippen LogP contribution >= 0.6 is 11.8 Å². The molecule has 0 aromatic carbocycles. The molecule has 0 unspecified atom stereocenters. The molecule has 0 bridgehead atoms. The molecule has 8 heteroatoms. The molecule has 0 aliphatic rings. The zero-order valence-corrected chi connectivity index (χ0v) is 10.5. The Morgan fingerprint density at radius 1 is 1.61 bits per heavy atom. The van der Waals surface area contributed by atoms with E-state index in [9.17, 15) is 14.4 Å². The molecular formula is C10H13N3O4S. The van der Waals surface area contributed by atoms with E-state index in [1.54, 1.807) is 0 Å². The van der Waals surface area contributed by atoms with Gasteiger partial charge in [0.05, 0.1) is 6.20 Å². The standard InChI is InChI=1S/C10H13N3O4S/c1-18-3-2-6(10(16)17)13-9(15)7-4-12-8(14)5-11-7/h4-6H,2-3H2,1H3,(H,12,14)(H,13,15)(H,16,17)/t6-/m1/s1. The SMILES string of the molecule is CSCC[C@@H](NC(=O)c1c[nH]c(=O)cn1)C(=O)O. The number of aliphatic carboxylic acids is 1. The van der Waals surface area contributed by atoms with Crippen molar-refractivity contribution in [2.45, 2.75) is 12.5 Å². The molecule has 1 heterocycles. The summed E-state index contributed by atoms with van der Waals surface area (Å²) in [5, 5.41) is 11.3. The largest absolute Gasteiger partial charge is 0.480 e. The third kappa shape index (κ3) is 4.21. The number of amides is 1. The second kappa shape index (κ2) is 6.80. The number of thioether (sulfide) groups is 1. The second-order valence-electron chi connectivity index (χ2n) is 3.44. The van der Waals surface area contributed by atoms with E-state index >= 15 is 0 Å². The van der Waals surface area contributed by atoms with Crippen molar-refractivity contribution in [3.8, 4) is 0 Å². The molecule has 0 spiro atoms. The molecule has 1 atom stereocenters. The number of carboxylic acid groups (broad SMARTS) is 1. The number of nitrogens with one attached hydrogen (secondary N) is 2. The average molecular weight is 271 g/mol. The van der Waals surface area contributed by atoms with E-state index < -0.39 is 23.5 Å². The zero-order valence-electron chi connectivity index (χ0n) is 9.67. The Bertz CT molecular complexity index is 468. The molecule has 0 aliphatic carbocycles. The van der Waals surface area contributed by atoms with Gasteiger partial charge in [0.2, 0.25) is 0 Å². The second-order valence-corrected chi connectivity index (χ2v) is 4.43. The predicted octanol–water partition coefficient (Wildman–Crippen LogP) is -0.294. The molecule has 18 heavy (non-hydrogen) atoms. The lowest BCUT2D eigenvalue weighted by Gasteiger charge is -2.13. The minimum atomic E-state index is -1.10. The number of aromatic amines is 1. The first-order chi connectivity index (χ1) is 8.54. The average Bonchev–Trinajstić information content (AvgIpc) is 2.34. The molecule has 0 fully saturated rings. The summed E-state index contributed by atoms with van der Waals surface area (Å²) in [6.45, 7) is 0.